The van der Waals surface area contributed by atoms with Crippen LogP contribution < -0.4 is 0 Å². The number of methoxy groups -OCH3 is 1. The molecule has 0 saturated heterocycles. The molecule has 0 radical (unpaired) electrons. The lowest BCUT2D eigenvalue weighted by atomic mass is 9.95. The zero-order chi connectivity index (χ0) is 17.8. The van der Waals surface area contributed by atoms with Gasteiger partial charge < -0.3 is 18.9 Å². The fourth-order valence-corrected chi connectivity index (χ4v) is 2.83. The zero-order valence-corrected chi connectivity index (χ0v) is 15.3. The number of carbonyl (C=O) groups excluding carboxylic acids is 2. The normalized spacial score (nSPS) is 20.5. The molecule has 140 valence electrons. The van der Waals surface area contributed by atoms with E-state index in [2.05, 4.69) is 18.6 Å². The molecule has 0 spiro atoms. The molecule has 6 nitrogen and oxygen atoms in total. The Morgan fingerprint density at radius 1 is 0.917 bits per heavy atom. The molecule has 0 heterocycles. The molecule has 2 atom stereocenters. The molecule has 0 aromatic carbocycles. The molecule has 1 saturated carbocycles. The third kappa shape index (κ3) is 8.99. The van der Waals surface area contributed by atoms with E-state index in [0.29, 0.717) is 19.4 Å². The van der Waals surface area contributed by atoms with Crippen LogP contribution in [0.4, 0.5) is 9.59 Å². The predicted molar refractivity (Wildman–Crippen MR) is 89.9 cm³/mol. The first-order chi connectivity index (χ1) is 11.5. The van der Waals surface area contributed by atoms with Crippen LogP contribution in [-0.2, 0) is 18.9 Å². The predicted octanol–water partition coefficient (Wildman–Crippen LogP) is 4.84. The van der Waals surface area contributed by atoms with Gasteiger partial charge >= 0.3 is 12.3 Å². The molecule has 1 rings (SSSR count). The Bertz CT molecular complexity index is 369. The smallest absolute Gasteiger partial charge is 0.438 e. The summed E-state index contributed by atoms with van der Waals surface area (Å²) in [5.41, 5.74) is 0. The Balaban J connectivity index is 2.16. The van der Waals surface area contributed by atoms with E-state index in [1.54, 1.807) is 0 Å². The van der Waals surface area contributed by atoms with E-state index in [1.807, 2.05) is 0 Å². The first-order valence-corrected chi connectivity index (χ1v) is 9.11. The van der Waals surface area contributed by atoms with Gasteiger partial charge in [-0.25, -0.2) is 9.59 Å². The van der Waals surface area contributed by atoms with E-state index in [-0.39, 0.29) is 0 Å². The molecule has 1 aliphatic carbocycles. The van der Waals surface area contributed by atoms with Crippen LogP contribution in [0.5, 0.6) is 0 Å². The lowest BCUT2D eigenvalue weighted by Gasteiger charge is -2.29. The summed E-state index contributed by atoms with van der Waals surface area (Å²) >= 11 is 0. The second kappa shape index (κ2) is 12.0. The molecule has 0 N–H and O–H groups in total. The van der Waals surface area contributed by atoms with Gasteiger partial charge in [-0.3, -0.25) is 0 Å². The van der Waals surface area contributed by atoms with Gasteiger partial charge in [0.05, 0.1) is 13.7 Å². The van der Waals surface area contributed by atoms with Gasteiger partial charge in [0.25, 0.3) is 0 Å². The summed E-state index contributed by atoms with van der Waals surface area (Å²) in [5.74, 6) is 0.742. The van der Waals surface area contributed by atoms with Crippen LogP contribution in [0.25, 0.3) is 0 Å². The molecule has 0 amide bonds. The molecule has 0 aromatic rings. The maximum atomic E-state index is 11.8. The van der Waals surface area contributed by atoms with Crippen molar-refractivity contribution in [3.8, 4) is 0 Å². The monoisotopic (exact) mass is 344 g/mol. The molecule has 6 heteroatoms. The SMILES string of the molecule is COC(=O)OC1CCCCC1OC(=O)OCCCCCCC(C)C. The number of carbonyl (C=O) groups is 2. The van der Waals surface area contributed by atoms with Crippen molar-refractivity contribution >= 4 is 12.3 Å². The molecule has 0 aliphatic heterocycles. The first kappa shape index (κ1) is 20.6. The summed E-state index contributed by atoms with van der Waals surface area (Å²) in [6.07, 6.45) is 6.42. The summed E-state index contributed by atoms with van der Waals surface area (Å²) in [4.78, 5) is 23.0. The van der Waals surface area contributed by atoms with Gasteiger partial charge in [0, 0.05) is 0 Å². The minimum Gasteiger partial charge on any atom is -0.438 e. The molecular formula is C18H32O6. The topological polar surface area (TPSA) is 71.1 Å². The summed E-state index contributed by atoms with van der Waals surface area (Å²) in [5, 5.41) is 0. The van der Waals surface area contributed by atoms with Gasteiger partial charge in [-0.05, 0) is 38.0 Å². The number of hydrogen-bond acceptors (Lipinski definition) is 6. The van der Waals surface area contributed by atoms with Gasteiger partial charge in [0.2, 0.25) is 0 Å². The van der Waals surface area contributed by atoms with Crippen LogP contribution in [0.1, 0.15) is 71.6 Å². The van der Waals surface area contributed by atoms with Crippen molar-refractivity contribution < 1.29 is 28.5 Å². The van der Waals surface area contributed by atoms with Crippen LogP contribution in [-0.4, -0.2) is 38.2 Å². The van der Waals surface area contributed by atoms with E-state index < -0.39 is 24.5 Å². The minimum absolute atomic E-state index is 0.371. The lowest BCUT2D eigenvalue weighted by molar-refractivity contribution is -0.0681. The third-order valence-corrected chi connectivity index (χ3v) is 4.20. The Morgan fingerprint density at radius 3 is 2.08 bits per heavy atom. The van der Waals surface area contributed by atoms with Gasteiger partial charge in [-0.15, -0.1) is 0 Å². The maximum Gasteiger partial charge on any atom is 0.508 e. The highest BCUT2D eigenvalue weighted by molar-refractivity contribution is 5.61. The van der Waals surface area contributed by atoms with Crippen LogP contribution in [0.2, 0.25) is 0 Å². The first-order valence-electron chi connectivity index (χ1n) is 9.11. The quantitative estimate of drug-likeness (QED) is 0.440. The fourth-order valence-electron chi connectivity index (χ4n) is 2.83. The molecule has 2 unspecified atom stereocenters. The Morgan fingerprint density at radius 2 is 1.50 bits per heavy atom. The van der Waals surface area contributed by atoms with Gasteiger partial charge in [-0.2, -0.15) is 0 Å². The summed E-state index contributed by atoms with van der Waals surface area (Å²) in [6, 6.07) is 0. The van der Waals surface area contributed by atoms with Gasteiger partial charge in [0.1, 0.15) is 12.2 Å². The van der Waals surface area contributed by atoms with Crippen molar-refractivity contribution in [2.45, 2.75) is 83.8 Å². The van der Waals surface area contributed by atoms with Crippen molar-refractivity contribution in [3.63, 3.8) is 0 Å². The van der Waals surface area contributed by atoms with Crippen molar-refractivity contribution in [1.82, 2.24) is 0 Å². The number of rotatable bonds is 9. The molecule has 0 bridgehead atoms. The van der Waals surface area contributed by atoms with Crippen molar-refractivity contribution in [1.29, 1.82) is 0 Å². The summed E-state index contributed by atoms with van der Waals surface area (Å²) in [7, 11) is 1.26. The number of hydrogen-bond donors (Lipinski definition) is 0. The van der Waals surface area contributed by atoms with E-state index in [4.69, 9.17) is 14.2 Å². The highest BCUT2D eigenvalue weighted by Gasteiger charge is 2.32. The van der Waals surface area contributed by atoms with Gasteiger partial charge in [-0.1, -0.05) is 39.5 Å². The van der Waals surface area contributed by atoms with E-state index in [9.17, 15) is 9.59 Å². The van der Waals surface area contributed by atoms with E-state index in [0.717, 1.165) is 38.0 Å². The molecule has 1 fully saturated rings. The highest BCUT2D eigenvalue weighted by atomic mass is 16.8. The standard InChI is InChI=1S/C18H32O6/c1-14(2)10-6-4-5-9-13-22-18(20)24-16-12-8-7-11-15(16)23-17(19)21-3/h14-16H,4-13H2,1-3H3. The highest BCUT2D eigenvalue weighted by Crippen LogP contribution is 2.24. The van der Waals surface area contributed by atoms with Crippen LogP contribution in [0.3, 0.4) is 0 Å². The van der Waals surface area contributed by atoms with Crippen molar-refractivity contribution in [2.75, 3.05) is 13.7 Å². The lowest BCUT2D eigenvalue weighted by Crippen LogP contribution is -2.38. The number of ether oxygens (including phenoxy) is 4. The van der Waals surface area contributed by atoms with Crippen LogP contribution in [0, 0.1) is 5.92 Å². The van der Waals surface area contributed by atoms with Gasteiger partial charge in [0.15, 0.2) is 0 Å². The average Bonchev–Trinajstić information content (AvgIpc) is 2.55. The Hall–Kier alpha value is -1.46. The van der Waals surface area contributed by atoms with Crippen molar-refractivity contribution in [3.05, 3.63) is 0 Å². The molecule has 24 heavy (non-hydrogen) atoms. The van der Waals surface area contributed by atoms with E-state index in [1.165, 1.54) is 20.0 Å². The summed E-state index contributed by atoms with van der Waals surface area (Å²) in [6.45, 7) is 4.82. The molecule has 1 aliphatic rings. The van der Waals surface area contributed by atoms with Crippen LogP contribution >= 0.6 is 0 Å². The minimum atomic E-state index is -0.745. The third-order valence-electron chi connectivity index (χ3n) is 4.20. The second-order valence-electron chi connectivity index (χ2n) is 6.75. The van der Waals surface area contributed by atoms with E-state index >= 15 is 0 Å². The van der Waals surface area contributed by atoms with Crippen molar-refractivity contribution in [2.24, 2.45) is 5.92 Å². The second-order valence-corrected chi connectivity index (χ2v) is 6.75. The fraction of sp³-hybridized carbons (Fsp3) is 0.889. The Labute approximate surface area is 145 Å². The molecular weight excluding hydrogens is 312 g/mol. The average molecular weight is 344 g/mol. The summed E-state index contributed by atoms with van der Waals surface area (Å²) < 4.78 is 20.1. The molecule has 0 aromatic heterocycles. The number of unbranched alkanes of at least 4 members (excludes halogenated alkanes) is 3. The largest absolute Gasteiger partial charge is 0.508 e. The Kier molecular flexibility index (Phi) is 10.3. The zero-order valence-electron chi connectivity index (χ0n) is 15.3. The maximum absolute atomic E-state index is 11.8. The van der Waals surface area contributed by atoms with Crippen LogP contribution in [0.15, 0.2) is 0 Å².